The standard InChI is InChI=1S/C71H119N2O6P/c1-6-8-10-12-14-16-18-20-22-24-26-27-28-29-30-31-32-33-34-35-36-37-38-39-40-41-42-43-44-45-47-49-51-53-55-57-59-61-63-65-71(75)72-69(68-79-80(76,77)78-67-66-73(3,4)5)70(74)64-62-60-58-56-54-52-50-48-46-25-23-21-19-17-15-13-11-9-7-2/h8,10,14,16,20,22,26-27,29-30,32-33,35-36,38-39,41-42,44-45,49,51,55,57,62,64,69-70,74H,6-7,9,11-13,15,17-19,21,23-25,28,31,34,37,40,43,46-48,50,52-54,56,58-61,63,65-68H2,1-5H3,(H-,72,75,76,77)/p+1/b10-8-,16-14-,22-20-,27-26-,30-29-,33-32-,36-35-,39-38-,42-41-,45-44-,51-49-,57-55-,64-62+. The van der Waals surface area contributed by atoms with Crippen molar-refractivity contribution in [2.75, 3.05) is 40.9 Å². The summed E-state index contributed by atoms with van der Waals surface area (Å²) in [6.07, 6.45) is 93.6. The number of carbonyl (C=O) groups excluding carboxylic acids is 1. The van der Waals surface area contributed by atoms with E-state index in [1.165, 1.54) is 96.3 Å². The highest BCUT2D eigenvalue weighted by Crippen LogP contribution is 2.43. The van der Waals surface area contributed by atoms with Gasteiger partial charge in [0.15, 0.2) is 0 Å². The summed E-state index contributed by atoms with van der Waals surface area (Å²) in [5.74, 6) is -0.224. The van der Waals surface area contributed by atoms with Crippen LogP contribution in [0.1, 0.15) is 232 Å². The lowest BCUT2D eigenvalue weighted by Crippen LogP contribution is -2.45. The Morgan fingerprint density at radius 1 is 0.438 bits per heavy atom. The number of unbranched alkanes of at least 4 members (excludes halogenated alkanes) is 19. The molecule has 9 heteroatoms. The fraction of sp³-hybridized carbons (Fsp3) is 0.620. The number of hydrogen-bond acceptors (Lipinski definition) is 5. The number of nitrogens with one attached hydrogen (secondary N) is 1. The van der Waals surface area contributed by atoms with Crippen molar-refractivity contribution < 1.29 is 32.9 Å². The summed E-state index contributed by atoms with van der Waals surface area (Å²) < 4.78 is 23.7. The van der Waals surface area contributed by atoms with Gasteiger partial charge in [-0.15, -0.1) is 0 Å². The summed E-state index contributed by atoms with van der Waals surface area (Å²) in [7, 11) is 1.52. The number of allylic oxidation sites excluding steroid dienone is 25. The molecule has 0 saturated heterocycles. The number of carbonyl (C=O) groups is 1. The second kappa shape index (κ2) is 59.7. The molecular weight excluding hydrogens is 1010 g/mol. The summed E-state index contributed by atoms with van der Waals surface area (Å²) in [5.41, 5.74) is 0. The van der Waals surface area contributed by atoms with Crippen LogP contribution in [0.5, 0.6) is 0 Å². The number of aliphatic hydroxyl groups excluding tert-OH is 1. The molecule has 0 aromatic heterocycles. The van der Waals surface area contributed by atoms with Crippen LogP contribution in [0.15, 0.2) is 158 Å². The van der Waals surface area contributed by atoms with E-state index in [1.54, 1.807) is 6.08 Å². The number of rotatable bonds is 56. The number of nitrogens with zero attached hydrogens (tertiary/aromatic N) is 1. The number of aliphatic hydroxyl groups is 1. The van der Waals surface area contributed by atoms with Crippen molar-refractivity contribution in [3.63, 3.8) is 0 Å². The van der Waals surface area contributed by atoms with E-state index in [-0.39, 0.29) is 19.1 Å². The van der Waals surface area contributed by atoms with Gasteiger partial charge >= 0.3 is 7.82 Å². The molecule has 0 radical (unpaired) electrons. The van der Waals surface area contributed by atoms with E-state index in [0.717, 1.165) is 109 Å². The third kappa shape index (κ3) is 61.7. The van der Waals surface area contributed by atoms with Crippen LogP contribution in [0.2, 0.25) is 0 Å². The van der Waals surface area contributed by atoms with Crippen molar-refractivity contribution in [1.82, 2.24) is 5.32 Å². The van der Waals surface area contributed by atoms with E-state index in [1.807, 2.05) is 27.2 Å². The highest BCUT2D eigenvalue weighted by Gasteiger charge is 2.27. The van der Waals surface area contributed by atoms with E-state index in [0.29, 0.717) is 23.9 Å². The second-order valence-electron chi connectivity index (χ2n) is 22.1. The van der Waals surface area contributed by atoms with Crippen LogP contribution in [-0.4, -0.2) is 73.4 Å². The van der Waals surface area contributed by atoms with Crippen LogP contribution in [0, 0.1) is 0 Å². The first-order chi connectivity index (χ1) is 39.0. The van der Waals surface area contributed by atoms with E-state index < -0.39 is 20.0 Å². The van der Waals surface area contributed by atoms with Crippen LogP contribution in [0.3, 0.4) is 0 Å². The molecular formula is C71H120N2O6P+. The molecule has 0 aliphatic heterocycles. The first-order valence-corrected chi connectivity index (χ1v) is 33.4. The molecule has 3 atom stereocenters. The van der Waals surface area contributed by atoms with Gasteiger partial charge in [0.2, 0.25) is 5.91 Å². The van der Waals surface area contributed by atoms with Crippen molar-refractivity contribution >= 4 is 13.7 Å². The number of likely N-dealkylation sites (N-methyl/N-ethyl adjacent to an activating group) is 1. The zero-order chi connectivity index (χ0) is 58.4. The summed E-state index contributed by atoms with van der Waals surface area (Å²) in [4.78, 5) is 23.3. The summed E-state index contributed by atoms with van der Waals surface area (Å²) >= 11 is 0. The van der Waals surface area contributed by atoms with Crippen LogP contribution >= 0.6 is 7.82 Å². The maximum atomic E-state index is 13.0. The van der Waals surface area contributed by atoms with Gasteiger partial charge in [-0.2, -0.15) is 0 Å². The Kier molecular flexibility index (Phi) is 56.8. The molecule has 0 bridgehead atoms. The fourth-order valence-electron chi connectivity index (χ4n) is 8.32. The van der Waals surface area contributed by atoms with Crippen LogP contribution < -0.4 is 5.32 Å². The number of quaternary nitrogens is 1. The fourth-order valence-corrected chi connectivity index (χ4v) is 9.05. The molecule has 0 aromatic rings. The number of phosphoric acid groups is 1. The zero-order valence-electron chi connectivity index (χ0n) is 51.8. The maximum Gasteiger partial charge on any atom is 0.472 e. The van der Waals surface area contributed by atoms with Gasteiger partial charge in [-0.1, -0.05) is 275 Å². The Balaban J connectivity index is 4.28. The van der Waals surface area contributed by atoms with Gasteiger partial charge in [-0.3, -0.25) is 13.8 Å². The van der Waals surface area contributed by atoms with Crippen molar-refractivity contribution in [3.8, 4) is 0 Å². The van der Waals surface area contributed by atoms with Crippen LogP contribution in [0.4, 0.5) is 0 Å². The molecule has 0 rings (SSSR count). The average molecular weight is 1130 g/mol. The predicted molar refractivity (Wildman–Crippen MR) is 350 cm³/mol. The minimum absolute atomic E-state index is 0.0446. The third-order valence-electron chi connectivity index (χ3n) is 13.3. The normalized spacial score (nSPS) is 14.8. The van der Waals surface area contributed by atoms with Crippen molar-refractivity contribution in [3.05, 3.63) is 158 Å². The Morgan fingerprint density at radius 2 is 0.750 bits per heavy atom. The Morgan fingerprint density at radius 3 is 1.10 bits per heavy atom. The van der Waals surface area contributed by atoms with Gasteiger partial charge in [0.25, 0.3) is 0 Å². The minimum Gasteiger partial charge on any atom is -0.387 e. The molecule has 3 unspecified atom stereocenters. The topological polar surface area (TPSA) is 105 Å². The molecule has 0 spiro atoms. The minimum atomic E-state index is -4.37. The summed E-state index contributed by atoms with van der Waals surface area (Å²) in [6, 6.07) is -0.883. The lowest BCUT2D eigenvalue weighted by molar-refractivity contribution is -0.870. The second-order valence-corrected chi connectivity index (χ2v) is 23.5. The molecule has 80 heavy (non-hydrogen) atoms. The molecule has 3 N–H and O–H groups in total. The maximum absolute atomic E-state index is 13.0. The average Bonchev–Trinajstić information content (AvgIpc) is 3.42. The van der Waals surface area contributed by atoms with Gasteiger partial charge in [0, 0.05) is 6.42 Å². The smallest absolute Gasteiger partial charge is 0.387 e. The van der Waals surface area contributed by atoms with Gasteiger partial charge < -0.3 is 19.8 Å². The van der Waals surface area contributed by atoms with Crippen LogP contribution in [0.25, 0.3) is 0 Å². The molecule has 0 aliphatic rings. The first kappa shape index (κ1) is 76.1. The quantitative estimate of drug-likeness (QED) is 0.0243. The highest BCUT2D eigenvalue weighted by atomic mass is 31.2. The number of amides is 1. The Bertz CT molecular complexity index is 1860. The molecule has 0 aromatic carbocycles. The largest absolute Gasteiger partial charge is 0.472 e. The van der Waals surface area contributed by atoms with Crippen molar-refractivity contribution in [2.24, 2.45) is 0 Å². The van der Waals surface area contributed by atoms with Crippen molar-refractivity contribution in [2.45, 2.75) is 244 Å². The zero-order valence-corrected chi connectivity index (χ0v) is 52.6. The molecule has 0 heterocycles. The van der Waals surface area contributed by atoms with E-state index in [2.05, 4.69) is 165 Å². The molecule has 1 amide bonds. The predicted octanol–water partition coefficient (Wildman–Crippen LogP) is 20.2. The molecule has 0 aliphatic carbocycles. The van der Waals surface area contributed by atoms with E-state index in [9.17, 15) is 19.4 Å². The highest BCUT2D eigenvalue weighted by molar-refractivity contribution is 7.47. The monoisotopic (exact) mass is 1130 g/mol. The van der Waals surface area contributed by atoms with Crippen molar-refractivity contribution in [1.29, 1.82) is 0 Å². The van der Waals surface area contributed by atoms with E-state index >= 15 is 0 Å². The molecule has 0 saturated carbocycles. The number of phosphoric ester groups is 1. The lowest BCUT2D eigenvalue weighted by atomic mass is 10.0. The van der Waals surface area contributed by atoms with E-state index in [4.69, 9.17) is 9.05 Å². The van der Waals surface area contributed by atoms with Crippen LogP contribution in [-0.2, 0) is 18.4 Å². The third-order valence-corrected chi connectivity index (χ3v) is 14.2. The molecule has 8 nitrogen and oxygen atoms in total. The summed E-state index contributed by atoms with van der Waals surface area (Å²) in [6.45, 7) is 4.66. The Hall–Kier alpha value is -3.88. The Labute approximate surface area is 492 Å². The van der Waals surface area contributed by atoms with Gasteiger partial charge in [0.05, 0.1) is 39.9 Å². The van der Waals surface area contributed by atoms with Gasteiger partial charge in [-0.25, -0.2) is 4.57 Å². The van der Waals surface area contributed by atoms with Gasteiger partial charge in [-0.05, 0) is 109 Å². The number of hydrogen-bond donors (Lipinski definition) is 3. The molecule has 0 fully saturated rings. The first-order valence-electron chi connectivity index (χ1n) is 31.9. The van der Waals surface area contributed by atoms with Gasteiger partial charge in [0.1, 0.15) is 13.2 Å². The summed E-state index contributed by atoms with van der Waals surface area (Å²) in [5, 5.41) is 13.9. The molecule has 454 valence electrons. The SMILES string of the molecule is CC/C=C\C/C=C\C/C=C\C/C=C\C/C=C\C/C=C\C/C=C\C/C=C\C/C=C\C/C=C\C/C=C\C/C=C\CCCCC(=O)NC(COP(=O)(O)OCC[N+](C)(C)C)C(O)/C=C/CCCCCCCCCCCCCCCCCCC. The lowest BCUT2D eigenvalue weighted by Gasteiger charge is -2.25.